The molecule has 0 heterocycles. The first-order valence-electron chi connectivity index (χ1n) is 13.2. The highest BCUT2D eigenvalue weighted by Crippen LogP contribution is 2.44. The van der Waals surface area contributed by atoms with E-state index in [0.717, 1.165) is 18.2 Å². The van der Waals surface area contributed by atoms with Crippen molar-refractivity contribution >= 4 is 33.3 Å². The molecule has 2 amide bonds. The third-order valence-electron chi connectivity index (χ3n) is 7.53. The Morgan fingerprint density at radius 2 is 1.61 bits per heavy atom. The van der Waals surface area contributed by atoms with E-state index in [4.69, 9.17) is 14.6 Å². The molecule has 2 bridgehead atoms. The van der Waals surface area contributed by atoms with E-state index in [1.807, 2.05) is 12.2 Å². The monoisotopic (exact) mass is 630 g/mol. The topological polar surface area (TPSA) is 148 Å². The molecule has 0 aliphatic heterocycles. The van der Waals surface area contributed by atoms with Crippen molar-refractivity contribution in [2.45, 2.75) is 22.9 Å². The number of benzene rings is 3. The van der Waals surface area contributed by atoms with Gasteiger partial charge in [-0.25, -0.2) is 13.2 Å². The molecule has 0 spiro atoms. The number of rotatable bonds is 9. The lowest BCUT2D eigenvalue weighted by Gasteiger charge is -2.28. The molecule has 3 aromatic rings. The summed E-state index contributed by atoms with van der Waals surface area (Å²) < 4.78 is 74.0. The molecule has 14 heteroatoms. The van der Waals surface area contributed by atoms with Crippen LogP contribution in [0.5, 0.6) is 17.2 Å². The quantitative estimate of drug-likeness (QED) is 0.279. The number of allylic oxidation sites excluding steroid dienone is 1. The summed E-state index contributed by atoms with van der Waals surface area (Å²) in [4.78, 5) is 37.0. The van der Waals surface area contributed by atoms with Crippen LogP contribution in [0.15, 0.2) is 83.8 Å². The van der Waals surface area contributed by atoms with Gasteiger partial charge < -0.3 is 25.2 Å². The van der Waals surface area contributed by atoms with Crippen molar-refractivity contribution < 1.29 is 50.6 Å². The first-order chi connectivity index (χ1) is 20.8. The summed E-state index contributed by atoms with van der Waals surface area (Å²) in [6.07, 6.45) is 4.28. The van der Waals surface area contributed by atoms with Crippen LogP contribution < -0.4 is 20.1 Å². The maximum Gasteiger partial charge on any atom is 0.501 e. The summed E-state index contributed by atoms with van der Waals surface area (Å²) in [5.41, 5.74) is -5.47. The number of carboxylic acids is 1. The molecule has 5 rings (SSSR count). The van der Waals surface area contributed by atoms with Crippen LogP contribution in [-0.2, 0) is 14.6 Å². The number of sulfone groups is 1. The van der Waals surface area contributed by atoms with Gasteiger partial charge in [0.2, 0.25) is 5.91 Å². The van der Waals surface area contributed by atoms with Gasteiger partial charge in [-0.05, 0) is 78.9 Å². The fourth-order valence-corrected chi connectivity index (χ4v) is 6.24. The molecule has 4 atom stereocenters. The molecule has 44 heavy (non-hydrogen) atoms. The maximum absolute atomic E-state index is 13.5. The molecule has 2 aliphatic carbocycles. The Balaban J connectivity index is 1.34. The third kappa shape index (κ3) is 5.97. The number of hydrogen-bond donors (Lipinski definition) is 3. The summed E-state index contributed by atoms with van der Waals surface area (Å²) in [7, 11) is -4.24. The van der Waals surface area contributed by atoms with Crippen molar-refractivity contribution in [2.75, 3.05) is 12.4 Å². The standard InChI is InChI=1S/C30H25F3N2O8S/c1-42-24-12-11-21(43-20-9-7-16(8-10-20)29(38)39)15-23(24)27(36)35-26-18-6-5-17(13-18)25(26)28(37)34-19-3-2-4-22(14-19)44(40,41)30(31,32)33/h2-12,14-15,17-18,25-26H,13H2,1H3,(H,34,37)(H,35,36)(H,38,39)/t17-,18+,25+,26-/m0/s1. The molecule has 0 radical (unpaired) electrons. The van der Waals surface area contributed by atoms with Gasteiger partial charge in [-0.2, -0.15) is 13.2 Å². The second-order valence-electron chi connectivity index (χ2n) is 10.2. The summed E-state index contributed by atoms with van der Waals surface area (Å²) in [6, 6.07) is 13.4. The van der Waals surface area contributed by atoms with Crippen LogP contribution in [0.2, 0.25) is 0 Å². The van der Waals surface area contributed by atoms with Gasteiger partial charge in [-0.15, -0.1) is 0 Å². The number of anilines is 1. The summed E-state index contributed by atoms with van der Waals surface area (Å²) >= 11 is 0. The number of carbonyl (C=O) groups is 3. The second kappa shape index (κ2) is 11.7. The summed E-state index contributed by atoms with van der Waals surface area (Å²) in [5.74, 6) is -2.71. The number of nitrogens with one attached hydrogen (secondary N) is 2. The van der Waals surface area contributed by atoms with E-state index in [-0.39, 0.29) is 40.1 Å². The maximum atomic E-state index is 13.5. The SMILES string of the molecule is COc1ccc(Oc2ccc(C(=O)O)cc2)cc1C(=O)N[C@@H]1[C@H](C(=O)Nc2cccc(S(=O)(=O)C(F)(F)F)c2)[C@H]2C=C[C@@H]1C2. The van der Waals surface area contributed by atoms with Gasteiger partial charge in [0.05, 0.1) is 29.1 Å². The Hall–Kier alpha value is -4.85. The Morgan fingerprint density at radius 1 is 0.932 bits per heavy atom. The minimum atomic E-state index is -5.62. The predicted molar refractivity (Wildman–Crippen MR) is 150 cm³/mol. The van der Waals surface area contributed by atoms with Crippen molar-refractivity contribution in [2.24, 2.45) is 17.8 Å². The Morgan fingerprint density at radius 3 is 2.27 bits per heavy atom. The highest BCUT2D eigenvalue weighted by Gasteiger charge is 2.49. The number of carboxylic acid groups (broad SMARTS) is 1. The van der Waals surface area contributed by atoms with E-state index in [2.05, 4.69) is 10.6 Å². The Kier molecular flexibility index (Phi) is 8.12. The number of halogens is 3. The molecule has 1 fully saturated rings. The highest BCUT2D eigenvalue weighted by molar-refractivity contribution is 7.92. The van der Waals surface area contributed by atoms with Crippen LogP contribution in [0.1, 0.15) is 27.1 Å². The third-order valence-corrected chi connectivity index (χ3v) is 9.01. The molecule has 2 aliphatic rings. The molecular weight excluding hydrogens is 605 g/mol. The number of ether oxygens (including phenoxy) is 2. The van der Waals surface area contributed by atoms with Crippen LogP contribution in [0.4, 0.5) is 18.9 Å². The number of amides is 2. The van der Waals surface area contributed by atoms with Gasteiger partial charge in [-0.1, -0.05) is 18.2 Å². The summed E-state index contributed by atoms with van der Waals surface area (Å²) in [6.45, 7) is 0. The van der Waals surface area contributed by atoms with E-state index in [0.29, 0.717) is 12.2 Å². The second-order valence-corrected chi connectivity index (χ2v) is 12.2. The molecule has 0 saturated heterocycles. The van der Waals surface area contributed by atoms with Gasteiger partial charge in [0.15, 0.2) is 0 Å². The fraction of sp³-hybridized carbons (Fsp3) is 0.233. The number of methoxy groups -OCH3 is 1. The average Bonchev–Trinajstić information content (AvgIpc) is 3.59. The highest BCUT2D eigenvalue weighted by atomic mass is 32.2. The van der Waals surface area contributed by atoms with Gasteiger partial charge in [0.25, 0.3) is 15.7 Å². The molecule has 230 valence electrons. The number of fused-ring (bicyclic) bond motifs is 2. The molecule has 3 N–H and O–H groups in total. The average molecular weight is 631 g/mol. The van der Waals surface area contributed by atoms with Crippen molar-refractivity contribution in [3.63, 3.8) is 0 Å². The zero-order valence-corrected chi connectivity index (χ0v) is 23.7. The number of aromatic carboxylic acids is 1. The van der Waals surface area contributed by atoms with Gasteiger partial charge >= 0.3 is 11.5 Å². The van der Waals surface area contributed by atoms with Crippen LogP contribution >= 0.6 is 0 Å². The summed E-state index contributed by atoms with van der Waals surface area (Å²) in [5, 5.41) is 14.5. The van der Waals surface area contributed by atoms with Gasteiger partial charge in [0, 0.05) is 11.7 Å². The van der Waals surface area contributed by atoms with Crippen LogP contribution in [0.25, 0.3) is 0 Å². The lowest BCUT2D eigenvalue weighted by molar-refractivity contribution is -0.121. The van der Waals surface area contributed by atoms with Crippen molar-refractivity contribution in [1.29, 1.82) is 0 Å². The smallest absolute Gasteiger partial charge is 0.496 e. The molecule has 0 aromatic heterocycles. The predicted octanol–water partition coefficient (Wildman–Crippen LogP) is 5.04. The fourth-order valence-electron chi connectivity index (χ4n) is 5.44. The molecular formula is C30H25F3N2O8S. The minimum absolute atomic E-state index is 0.0738. The lowest BCUT2D eigenvalue weighted by atomic mass is 9.87. The van der Waals surface area contributed by atoms with E-state index in [9.17, 15) is 36.0 Å². The molecule has 0 unspecified atom stereocenters. The van der Waals surface area contributed by atoms with E-state index < -0.39 is 50.0 Å². The zero-order valence-electron chi connectivity index (χ0n) is 22.9. The molecule has 1 saturated carbocycles. The van der Waals surface area contributed by atoms with Crippen molar-refractivity contribution in [1.82, 2.24) is 5.32 Å². The van der Waals surface area contributed by atoms with E-state index >= 15 is 0 Å². The van der Waals surface area contributed by atoms with Crippen LogP contribution in [0, 0.1) is 17.8 Å². The van der Waals surface area contributed by atoms with Gasteiger partial charge in [0.1, 0.15) is 17.2 Å². The van der Waals surface area contributed by atoms with Crippen molar-refractivity contribution in [3.8, 4) is 17.2 Å². The van der Waals surface area contributed by atoms with Crippen LogP contribution in [-0.4, -0.2) is 50.0 Å². The van der Waals surface area contributed by atoms with Gasteiger partial charge in [-0.3, -0.25) is 9.59 Å². The van der Waals surface area contributed by atoms with E-state index in [1.54, 1.807) is 6.07 Å². The minimum Gasteiger partial charge on any atom is -0.496 e. The largest absolute Gasteiger partial charge is 0.501 e. The first kappa shape index (κ1) is 30.6. The zero-order chi connectivity index (χ0) is 31.8. The lowest BCUT2D eigenvalue weighted by Crippen LogP contribution is -2.47. The number of alkyl halides is 3. The molecule has 3 aromatic carbocycles. The Bertz CT molecular complexity index is 1760. The van der Waals surface area contributed by atoms with Crippen molar-refractivity contribution in [3.05, 3.63) is 90.0 Å². The van der Waals surface area contributed by atoms with E-state index in [1.165, 1.54) is 49.6 Å². The number of hydrogen-bond acceptors (Lipinski definition) is 7. The first-order valence-corrected chi connectivity index (χ1v) is 14.7. The Labute approximate surface area is 249 Å². The van der Waals surface area contributed by atoms with Crippen LogP contribution in [0.3, 0.4) is 0 Å². The molecule has 10 nitrogen and oxygen atoms in total. The number of carbonyl (C=O) groups excluding carboxylic acids is 2. The normalized spacial score (nSPS) is 20.6.